The second-order valence-electron chi connectivity index (χ2n) is 6.49. The van der Waals surface area contributed by atoms with Crippen molar-refractivity contribution >= 4 is 5.97 Å². The molecule has 0 saturated carbocycles. The standard InChI is InChI=1S/C24H24O4/c1-2-23(24(25)26)28-22-14-12-21(13-15-22)27-17-16-18-8-10-20(11-9-18)19-6-4-3-5-7-19/h3-15,23H,2,16-17H2,1H3,(H,25,26). The molecule has 144 valence electrons. The van der Waals surface area contributed by atoms with Crippen LogP contribution in [0, 0.1) is 0 Å². The molecule has 0 radical (unpaired) electrons. The van der Waals surface area contributed by atoms with Crippen LogP contribution in [-0.2, 0) is 11.2 Å². The molecule has 0 aliphatic heterocycles. The molecule has 4 heteroatoms. The Bertz CT molecular complexity index is 871. The summed E-state index contributed by atoms with van der Waals surface area (Å²) >= 11 is 0. The van der Waals surface area contributed by atoms with E-state index < -0.39 is 12.1 Å². The fourth-order valence-electron chi connectivity index (χ4n) is 2.87. The van der Waals surface area contributed by atoms with Crippen LogP contribution in [0.2, 0.25) is 0 Å². The van der Waals surface area contributed by atoms with Crippen LogP contribution in [0.15, 0.2) is 78.9 Å². The summed E-state index contributed by atoms with van der Waals surface area (Å²) in [6.07, 6.45) is 0.395. The third-order valence-electron chi connectivity index (χ3n) is 4.47. The molecule has 0 aliphatic carbocycles. The van der Waals surface area contributed by atoms with Crippen molar-refractivity contribution < 1.29 is 19.4 Å². The molecular weight excluding hydrogens is 352 g/mol. The molecule has 0 spiro atoms. The number of carboxylic acids is 1. The number of carbonyl (C=O) groups is 1. The van der Waals surface area contributed by atoms with Gasteiger partial charge in [0.2, 0.25) is 0 Å². The van der Waals surface area contributed by atoms with Crippen molar-refractivity contribution in [3.8, 4) is 22.6 Å². The average molecular weight is 376 g/mol. The summed E-state index contributed by atoms with van der Waals surface area (Å²) in [6, 6.07) is 25.9. The van der Waals surface area contributed by atoms with E-state index in [1.165, 1.54) is 16.7 Å². The summed E-state index contributed by atoms with van der Waals surface area (Å²) < 4.78 is 11.2. The zero-order valence-electron chi connectivity index (χ0n) is 15.9. The molecule has 3 rings (SSSR count). The molecule has 0 heterocycles. The van der Waals surface area contributed by atoms with E-state index in [1.807, 2.05) is 18.2 Å². The SMILES string of the molecule is CCC(Oc1ccc(OCCc2ccc(-c3ccccc3)cc2)cc1)C(=O)O. The minimum Gasteiger partial charge on any atom is -0.493 e. The number of rotatable bonds is 9. The van der Waals surface area contributed by atoms with Gasteiger partial charge in [0, 0.05) is 6.42 Å². The van der Waals surface area contributed by atoms with Crippen molar-refractivity contribution in [2.45, 2.75) is 25.9 Å². The highest BCUT2D eigenvalue weighted by Gasteiger charge is 2.16. The normalized spacial score (nSPS) is 11.6. The van der Waals surface area contributed by atoms with Gasteiger partial charge in [-0.1, -0.05) is 61.5 Å². The van der Waals surface area contributed by atoms with E-state index in [1.54, 1.807) is 31.2 Å². The van der Waals surface area contributed by atoms with Gasteiger partial charge in [0.15, 0.2) is 6.10 Å². The second-order valence-corrected chi connectivity index (χ2v) is 6.49. The van der Waals surface area contributed by atoms with Gasteiger partial charge in [0.1, 0.15) is 11.5 Å². The van der Waals surface area contributed by atoms with E-state index in [2.05, 4.69) is 36.4 Å². The number of hydrogen-bond acceptors (Lipinski definition) is 3. The van der Waals surface area contributed by atoms with E-state index in [9.17, 15) is 4.79 Å². The molecule has 3 aromatic carbocycles. The van der Waals surface area contributed by atoms with E-state index in [0.29, 0.717) is 18.8 Å². The van der Waals surface area contributed by atoms with E-state index in [4.69, 9.17) is 14.6 Å². The monoisotopic (exact) mass is 376 g/mol. The lowest BCUT2D eigenvalue weighted by Crippen LogP contribution is -2.25. The Labute approximate surface area is 165 Å². The van der Waals surface area contributed by atoms with Crippen LogP contribution in [0.3, 0.4) is 0 Å². The van der Waals surface area contributed by atoms with Crippen molar-refractivity contribution in [1.29, 1.82) is 0 Å². The maximum absolute atomic E-state index is 11.0. The van der Waals surface area contributed by atoms with Crippen LogP contribution in [-0.4, -0.2) is 23.8 Å². The van der Waals surface area contributed by atoms with Gasteiger partial charge in [0.25, 0.3) is 0 Å². The molecule has 28 heavy (non-hydrogen) atoms. The summed E-state index contributed by atoms with van der Waals surface area (Å²) in [5.41, 5.74) is 3.63. The zero-order chi connectivity index (χ0) is 19.8. The van der Waals surface area contributed by atoms with Gasteiger partial charge < -0.3 is 14.6 Å². The van der Waals surface area contributed by atoms with Crippen molar-refractivity contribution in [1.82, 2.24) is 0 Å². The van der Waals surface area contributed by atoms with Crippen LogP contribution in [0.25, 0.3) is 11.1 Å². The Balaban J connectivity index is 1.49. The Morgan fingerprint density at radius 1 is 0.857 bits per heavy atom. The smallest absolute Gasteiger partial charge is 0.344 e. The second kappa shape index (κ2) is 9.60. The first-order valence-electron chi connectivity index (χ1n) is 9.42. The molecule has 3 aromatic rings. The first-order chi connectivity index (χ1) is 13.7. The molecule has 4 nitrogen and oxygen atoms in total. The molecule has 0 aromatic heterocycles. The van der Waals surface area contributed by atoms with Crippen LogP contribution in [0.4, 0.5) is 0 Å². The number of ether oxygens (including phenoxy) is 2. The predicted molar refractivity (Wildman–Crippen MR) is 110 cm³/mol. The lowest BCUT2D eigenvalue weighted by Gasteiger charge is -2.13. The van der Waals surface area contributed by atoms with Crippen LogP contribution in [0.1, 0.15) is 18.9 Å². The maximum atomic E-state index is 11.0. The fraction of sp³-hybridized carbons (Fsp3) is 0.208. The van der Waals surface area contributed by atoms with E-state index >= 15 is 0 Å². The third-order valence-corrected chi connectivity index (χ3v) is 4.47. The Hall–Kier alpha value is -3.27. The minimum atomic E-state index is -0.957. The maximum Gasteiger partial charge on any atom is 0.344 e. The fourth-order valence-corrected chi connectivity index (χ4v) is 2.87. The molecule has 1 unspecified atom stereocenters. The molecule has 0 saturated heterocycles. The Morgan fingerprint density at radius 2 is 1.46 bits per heavy atom. The summed E-state index contributed by atoms with van der Waals surface area (Å²) in [5, 5.41) is 9.05. The molecular formula is C24H24O4. The van der Waals surface area contributed by atoms with Crippen LogP contribution >= 0.6 is 0 Å². The molecule has 1 atom stereocenters. The van der Waals surface area contributed by atoms with Crippen LogP contribution < -0.4 is 9.47 Å². The molecule has 0 aliphatic rings. The lowest BCUT2D eigenvalue weighted by atomic mass is 10.0. The van der Waals surface area contributed by atoms with Crippen molar-refractivity contribution in [3.05, 3.63) is 84.4 Å². The Morgan fingerprint density at radius 3 is 2.07 bits per heavy atom. The van der Waals surface area contributed by atoms with Crippen molar-refractivity contribution in [2.24, 2.45) is 0 Å². The highest BCUT2D eigenvalue weighted by atomic mass is 16.5. The van der Waals surface area contributed by atoms with Gasteiger partial charge >= 0.3 is 5.97 Å². The van der Waals surface area contributed by atoms with E-state index in [0.717, 1.165) is 12.2 Å². The molecule has 0 bridgehead atoms. The molecule has 0 fully saturated rings. The average Bonchev–Trinajstić information content (AvgIpc) is 2.74. The van der Waals surface area contributed by atoms with Crippen LogP contribution in [0.5, 0.6) is 11.5 Å². The number of hydrogen-bond donors (Lipinski definition) is 1. The zero-order valence-corrected chi connectivity index (χ0v) is 15.9. The quantitative estimate of drug-likeness (QED) is 0.556. The van der Waals surface area contributed by atoms with Crippen molar-refractivity contribution in [2.75, 3.05) is 6.61 Å². The number of benzene rings is 3. The van der Waals surface area contributed by atoms with Gasteiger partial charge in [-0.3, -0.25) is 0 Å². The summed E-state index contributed by atoms with van der Waals surface area (Å²) in [6.45, 7) is 2.35. The predicted octanol–water partition coefficient (Wildman–Crippen LogP) is 5.22. The largest absolute Gasteiger partial charge is 0.493 e. The summed E-state index contributed by atoms with van der Waals surface area (Å²) in [5.74, 6) is 0.302. The minimum absolute atomic E-state index is 0.413. The van der Waals surface area contributed by atoms with Gasteiger partial charge in [0.05, 0.1) is 6.61 Å². The third kappa shape index (κ3) is 5.36. The van der Waals surface area contributed by atoms with Gasteiger partial charge in [-0.2, -0.15) is 0 Å². The summed E-state index contributed by atoms with van der Waals surface area (Å²) in [4.78, 5) is 11.0. The molecule has 0 amide bonds. The van der Waals surface area contributed by atoms with Gasteiger partial charge in [-0.15, -0.1) is 0 Å². The topological polar surface area (TPSA) is 55.8 Å². The highest BCUT2D eigenvalue weighted by molar-refractivity contribution is 5.72. The number of aliphatic carboxylic acids is 1. The first-order valence-corrected chi connectivity index (χ1v) is 9.42. The highest BCUT2D eigenvalue weighted by Crippen LogP contribution is 2.21. The summed E-state index contributed by atoms with van der Waals surface area (Å²) in [7, 11) is 0. The Kier molecular flexibility index (Phi) is 6.68. The molecule has 1 N–H and O–H groups in total. The van der Waals surface area contributed by atoms with Gasteiger partial charge in [-0.25, -0.2) is 4.79 Å². The number of carboxylic acid groups (broad SMARTS) is 1. The van der Waals surface area contributed by atoms with Gasteiger partial charge in [-0.05, 0) is 47.4 Å². The van der Waals surface area contributed by atoms with Crippen molar-refractivity contribution in [3.63, 3.8) is 0 Å². The lowest BCUT2D eigenvalue weighted by molar-refractivity contribution is -0.145. The first kappa shape index (κ1) is 19.5. The van der Waals surface area contributed by atoms with E-state index in [-0.39, 0.29) is 0 Å².